The fourth-order valence-electron chi connectivity index (χ4n) is 0.910. The third-order valence-corrected chi connectivity index (χ3v) is 1.92. The SMILES string of the molecule is BC(=C/C)/C=C(\C=C)C(C)(C)C. The van der Waals surface area contributed by atoms with E-state index in [1.54, 1.807) is 0 Å². The van der Waals surface area contributed by atoms with E-state index in [1.807, 2.05) is 6.08 Å². The van der Waals surface area contributed by atoms with Gasteiger partial charge >= 0.3 is 0 Å². The monoisotopic (exact) mass is 162 g/mol. The molecule has 0 aliphatic heterocycles. The Morgan fingerprint density at radius 3 is 2.08 bits per heavy atom. The van der Waals surface area contributed by atoms with Crippen LogP contribution >= 0.6 is 0 Å². The van der Waals surface area contributed by atoms with Gasteiger partial charge in [-0.05, 0) is 17.9 Å². The van der Waals surface area contributed by atoms with Gasteiger partial charge in [-0.3, -0.25) is 0 Å². The van der Waals surface area contributed by atoms with Crippen molar-refractivity contribution in [3.63, 3.8) is 0 Å². The molecule has 0 atom stereocenters. The summed E-state index contributed by atoms with van der Waals surface area (Å²) in [5.41, 5.74) is 2.78. The third kappa shape index (κ3) is 3.61. The van der Waals surface area contributed by atoms with Crippen LogP contribution in [0.25, 0.3) is 0 Å². The summed E-state index contributed by atoms with van der Waals surface area (Å²) >= 11 is 0. The molecule has 0 heterocycles. The molecule has 0 spiro atoms. The molecule has 0 saturated heterocycles. The van der Waals surface area contributed by atoms with Crippen molar-refractivity contribution >= 4 is 7.85 Å². The molecule has 66 valence electrons. The van der Waals surface area contributed by atoms with Gasteiger partial charge in [-0.2, -0.15) is 0 Å². The number of hydrogen-bond acceptors (Lipinski definition) is 0. The Kier molecular flexibility index (Phi) is 4.09. The van der Waals surface area contributed by atoms with Crippen molar-refractivity contribution in [2.75, 3.05) is 0 Å². The van der Waals surface area contributed by atoms with Crippen LogP contribution in [0.5, 0.6) is 0 Å². The fraction of sp³-hybridized carbons (Fsp3) is 0.455. The van der Waals surface area contributed by atoms with Crippen LogP contribution in [0.4, 0.5) is 0 Å². The third-order valence-electron chi connectivity index (χ3n) is 1.92. The lowest BCUT2D eigenvalue weighted by molar-refractivity contribution is 0.517. The second-order valence-electron chi connectivity index (χ2n) is 4.09. The van der Waals surface area contributed by atoms with Gasteiger partial charge in [0, 0.05) is 0 Å². The van der Waals surface area contributed by atoms with E-state index in [2.05, 4.69) is 54.3 Å². The molecule has 0 unspecified atom stereocenters. The first kappa shape index (κ1) is 11.3. The van der Waals surface area contributed by atoms with Gasteiger partial charge in [-0.15, -0.1) is 0 Å². The lowest BCUT2D eigenvalue weighted by Gasteiger charge is -2.20. The summed E-state index contributed by atoms with van der Waals surface area (Å²) in [4.78, 5) is 0. The highest BCUT2D eigenvalue weighted by molar-refractivity contribution is 6.23. The van der Waals surface area contributed by atoms with E-state index in [9.17, 15) is 0 Å². The molecule has 0 saturated carbocycles. The fourth-order valence-corrected chi connectivity index (χ4v) is 0.910. The molecule has 0 fully saturated rings. The van der Waals surface area contributed by atoms with Crippen molar-refractivity contribution < 1.29 is 0 Å². The van der Waals surface area contributed by atoms with E-state index in [4.69, 9.17) is 0 Å². The van der Waals surface area contributed by atoms with Crippen LogP contribution in [-0.4, -0.2) is 7.85 Å². The second kappa shape index (κ2) is 4.35. The maximum atomic E-state index is 3.82. The van der Waals surface area contributed by atoms with Crippen molar-refractivity contribution in [1.82, 2.24) is 0 Å². The molecule has 0 amide bonds. The smallest absolute Gasteiger partial charge is 0.0988 e. The van der Waals surface area contributed by atoms with Gasteiger partial charge in [0.2, 0.25) is 0 Å². The van der Waals surface area contributed by atoms with E-state index in [-0.39, 0.29) is 5.41 Å². The van der Waals surface area contributed by atoms with Crippen molar-refractivity contribution in [1.29, 1.82) is 0 Å². The summed E-state index contributed by atoms with van der Waals surface area (Å²) < 4.78 is 0. The van der Waals surface area contributed by atoms with Gasteiger partial charge in [0.05, 0.1) is 0 Å². The van der Waals surface area contributed by atoms with Gasteiger partial charge in [-0.1, -0.05) is 51.1 Å². The molecule has 0 bridgehead atoms. The number of hydrogen-bond donors (Lipinski definition) is 0. The average molecular weight is 162 g/mol. The first-order valence-corrected chi connectivity index (χ1v) is 4.39. The Balaban J connectivity index is 4.80. The van der Waals surface area contributed by atoms with Gasteiger partial charge < -0.3 is 0 Å². The summed E-state index contributed by atoms with van der Waals surface area (Å²) in [6.45, 7) is 12.5. The van der Waals surface area contributed by atoms with E-state index in [1.165, 1.54) is 11.0 Å². The zero-order chi connectivity index (χ0) is 9.78. The van der Waals surface area contributed by atoms with Crippen molar-refractivity contribution in [2.45, 2.75) is 27.7 Å². The normalized spacial score (nSPS) is 14.7. The Morgan fingerprint density at radius 1 is 1.33 bits per heavy atom. The molecule has 1 heteroatoms. The largest absolute Gasteiger partial charge is 0.138 e. The van der Waals surface area contributed by atoms with Crippen molar-refractivity contribution in [3.8, 4) is 0 Å². The highest BCUT2D eigenvalue weighted by atomic mass is 14.2. The minimum atomic E-state index is 0.200. The Hall–Kier alpha value is -0.715. The minimum absolute atomic E-state index is 0.200. The average Bonchev–Trinajstić information content (AvgIpc) is 1.97. The van der Waals surface area contributed by atoms with Crippen LogP contribution in [0.3, 0.4) is 0 Å². The van der Waals surface area contributed by atoms with E-state index < -0.39 is 0 Å². The van der Waals surface area contributed by atoms with Crippen LogP contribution in [0.2, 0.25) is 0 Å². The summed E-state index contributed by atoms with van der Waals surface area (Å²) in [6, 6.07) is 0. The first-order valence-electron chi connectivity index (χ1n) is 4.39. The highest BCUT2D eigenvalue weighted by Crippen LogP contribution is 2.26. The second-order valence-corrected chi connectivity index (χ2v) is 4.09. The highest BCUT2D eigenvalue weighted by Gasteiger charge is 2.13. The molecule has 0 aromatic rings. The Bertz CT molecular complexity index is 214. The van der Waals surface area contributed by atoms with Gasteiger partial charge in [-0.25, -0.2) is 0 Å². The van der Waals surface area contributed by atoms with Crippen LogP contribution in [0.15, 0.2) is 35.9 Å². The van der Waals surface area contributed by atoms with Crippen LogP contribution in [-0.2, 0) is 0 Å². The predicted octanol–water partition coefficient (Wildman–Crippen LogP) is 2.68. The molecular weight excluding hydrogens is 143 g/mol. The first-order chi connectivity index (χ1) is 5.41. The van der Waals surface area contributed by atoms with Gasteiger partial charge in [0.15, 0.2) is 0 Å². The molecule has 0 nitrogen and oxygen atoms in total. The Labute approximate surface area is 77.5 Å². The topological polar surface area (TPSA) is 0 Å². The lowest BCUT2D eigenvalue weighted by Crippen LogP contribution is -2.07. The molecule has 0 aromatic heterocycles. The maximum Gasteiger partial charge on any atom is 0.138 e. The molecule has 0 aliphatic carbocycles. The standard InChI is InChI=1S/C11H19B/c1-6-9(11(3,4)5)8-10(12)7-2/h6-8H,1,12H2,2-5H3/b9-8+,10-7+. The Morgan fingerprint density at radius 2 is 1.83 bits per heavy atom. The zero-order valence-electron chi connectivity index (χ0n) is 8.94. The van der Waals surface area contributed by atoms with E-state index >= 15 is 0 Å². The molecule has 0 aliphatic rings. The summed E-state index contributed by atoms with van der Waals surface area (Å²) in [6.07, 6.45) is 6.23. The predicted molar refractivity (Wildman–Crippen MR) is 60.0 cm³/mol. The minimum Gasteiger partial charge on any atom is -0.0988 e. The summed E-state index contributed by atoms with van der Waals surface area (Å²) in [5.74, 6) is 0. The summed E-state index contributed by atoms with van der Waals surface area (Å²) in [5, 5.41) is 0. The summed E-state index contributed by atoms with van der Waals surface area (Å²) in [7, 11) is 2.11. The van der Waals surface area contributed by atoms with Crippen LogP contribution < -0.4 is 0 Å². The van der Waals surface area contributed by atoms with Crippen molar-refractivity contribution in [2.24, 2.45) is 5.41 Å². The quantitative estimate of drug-likeness (QED) is 0.432. The molecule has 0 radical (unpaired) electrons. The molecule has 12 heavy (non-hydrogen) atoms. The van der Waals surface area contributed by atoms with Crippen LogP contribution in [0.1, 0.15) is 27.7 Å². The molecule has 0 aromatic carbocycles. The van der Waals surface area contributed by atoms with E-state index in [0.29, 0.717) is 0 Å². The molecule has 0 rings (SSSR count). The number of rotatable bonds is 2. The van der Waals surface area contributed by atoms with Crippen LogP contribution in [0, 0.1) is 5.41 Å². The zero-order valence-corrected chi connectivity index (χ0v) is 8.94. The molecule has 0 N–H and O–H groups in total. The van der Waals surface area contributed by atoms with Crippen molar-refractivity contribution in [3.05, 3.63) is 35.9 Å². The van der Waals surface area contributed by atoms with Gasteiger partial charge in [0.25, 0.3) is 0 Å². The van der Waals surface area contributed by atoms with E-state index in [0.717, 1.165) is 0 Å². The number of allylic oxidation sites excluding steroid dienone is 5. The lowest BCUT2D eigenvalue weighted by atomic mass is 9.82. The van der Waals surface area contributed by atoms with Gasteiger partial charge in [0.1, 0.15) is 7.85 Å². The molecular formula is C11H19B. The maximum absolute atomic E-state index is 3.82.